The number of Topliss-reactive ketones (excluding diaryl/α,β-unsaturated/α-hetero) is 1. The average molecular weight is 435 g/mol. The molecule has 0 unspecified atom stereocenters. The molecular formula is C25H30N4O3. The van der Waals surface area contributed by atoms with E-state index in [1.165, 1.54) is 0 Å². The number of hydrogen-bond donors (Lipinski definition) is 2. The summed E-state index contributed by atoms with van der Waals surface area (Å²) in [5.41, 5.74) is 8.81. The summed E-state index contributed by atoms with van der Waals surface area (Å²) in [6, 6.07) is 10.7. The van der Waals surface area contributed by atoms with Crippen molar-refractivity contribution in [3.63, 3.8) is 0 Å². The first-order valence-corrected chi connectivity index (χ1v) is 11.4. The van der Waals surface area contributed by atoms with E-state index in [4.69, 9.17) is 15.5 Å². The summed E-state index contributed by atoms with van der Waals surface area (Å²) in [4.78, 5) is 34.2. The monoisotopic (exact) mass is 434 g/mol. The van der Waals surface area contributed by atoms with E-state index in [0.717, 1.165) is 49.1 Å². The molecule has 2 aromatic rings. The predicted molar refractivity (Wildman–Crippen MR) is 125 cm³/mol. The lowest BCUT2D eigenvalue weighted by Gasteiger charge is -2.44. The Bertz CT molecular complexity index is 1010. The van der Waals surface area contributed by atoms with Gasteiger partial charge in [0, 0.05) is 30.4 Å². The molecule has 0 bridgehead atoms. The minimum Gasteiger partial charge on any atom is -0.464 e. The normalized spacial score (nSPS) is 19.4. The zero-order valence-electron chi connectivity index (χ0n) is 18.5. The third-order valence-electron chi connectivity index (χ3n) is 6.48. The highest BCUT2D eigenvalue weighted by Crippen LogP contribution is 2.47. The van der Waals surface area contributed by atoms with Gasteiger partial charge >= 0.3 is 5.97 Å². The van der Waals surface area contributed by atoms with Gasteiger partial charge in [0.2, 0.25) is 0 Å². The molecule has 7 nitrogen and oxygen atoms in total. The number of aromatic nitrogens is 1. The second-order valence-corrected chi connectivity index (χ2v) is 8.55. The lowest BCUT2D eigenvalue weighted by atomic mass is 9.58. The molecule has 0 radical (unpaired) electrons. The topological polar surface area (TPSA) is 107 Å². The Hall–Kier alpha value is -3.22. The molecule has 1 atom stereocenters. The quantitative estimate of drug-likeness (QED) is 0.631. The molecule has 1 heterocycles. The highest BCUT2D eigenvalue weighted by molar-refractivity contribution is 6.27. The van der Waals surface area contributed by atoms with Gasteiger partial charge in [-0.1, -0.05) is 31.4 Å². The van der Waals surface area contributed by atoms with Crippen LogP contribution in [0.25, 0.3) is 0 Å². The van der Waals surface area contributed by atoms with Crippen molar-refractivity contribution in [2.75, 3.05) is 17.7 Å². The van der Waals surface area contributed by atoms with Crippen molar-refractivity contribution in [1.29, 1.82) is 0 Å². The number of hydrogen-bond acceptors (Lipinski definition) is 7. The van der Waals surface area contributed by atoms with Crippen molar-refractivity contribution in [3.8, 4) is 0 Å². The van der Waals surface area contributed by atoms with E-state index in [2.05, 4.69) is 10.3 Å². The molecule has 1 aromatic carbocycles. The number of carbonyl (C=O) groups excluding carboxylic acids is 2. The van der Waals surface area contributed by atoms with Crippen LogP contribution in [-0.4, -0.2) is 35.1 Å². The summed E-state index contributed by atoms with van der Waals surface area (Å²) < 4.78 is 5.30. The van der Waals surface area contributed by atoms with Gasteiger partial charge in [-0.05, 0) is 49.6 Å². The maximum absolute atomic E-state index is 12.7. The highest BCUT2D eigenvalue weighted by Gasteiger charge is 2.52. The molecule has 7 heteroatoms. The zero-order chi connectivity index (χ0) is 22.6. The first-order chi connectivity index (χ1) is 15.5. The molecule has 2 aliphatic rings. The summed E-state index contributed by atoms with van der Waals surface area (Å²) in [6.45, 7) is 2.10. The molecule has 0 saturated heterocycles. The molecular weight excluding hydrogens is 404 g/mol. The highest BCUT2D eigenvalue weighted by atomic mass is 16.5. The Labute approximate surface area is 188 Å². The molecule has 4 rings (SSSR count). The lowest BCUT2D eigenvalue weighted by molar-refractivity contribution is -0.144. The van der Waals surface area contributed by atoms with Crippen LogP contribution >= 0.6 is 0 Å². The van der Waals surface area contributed by atoms with Gasteiger partial charge in [0.05, 0.1) is 17.7 Å². The van der Waals surface area contributed by atoms with Crippen molar-refractivity contribution in [1.82, 2.24) is 4.98 Å². The third kappa shape index (κ3) is 4.52. The predicted octanol–water partition coefficient (Wildman–Crippen LogP) is 4.25. The van der Waals surface area contributed by atoms with Crippen LogP contribution < -0.4 is 11.1 Å². The number of nitrogens with zero attached hydrogens (tertiary/aromatic N) is 2. The number of ether oxygens (including phenoxy) is 1. The molecule has 0 aliphatic heterocycles. The van der Waals surface area contributed by atoms with Gasteiger partial charge in [0.25, 0.3) is 0 Å². The summed E-state index contributed by atoms with van der Waals surface area (Å²) in [7, 11) is 0. The maximum atomic E-state index is 12.7. The molecule has 168 valence electrons. The summed E-state index contributed by atoms with van der Waals surface area (Å²) >= 11 is 0. The molecule has 3 N–H and O–H groups in total. The number of nitrogen functional groups attached to an aromatic ring is 1. The van der Waals surface area contributed by atoms with Crippen LogP contribution in [0, 0.1) is 5.41 Å². The third-order valence-corrected chi connectivity index (χ3v) is 6.48. The van der Waals surface area contributed by atoms with E-state index in [1.807, 2.05) is 24.3 Å². The Balaban J connectivity index is 1.50. The summed E-state index contributed by atoms with van der Waals surface area (Å²) in [6.07, 6.45) is 7.44. The SMILES string of the molecule is CCOC(=O)[C@H](Cc1ccc(Nc2ncccc2N)cc1)N=C1CC(=O)C12CCCCC2. The molecule has 0 amide bonds. The summed E-state index contributed by atoms with van der Waals surface area (Å²) in [5.74, 6) is 0.542. The first-order valence-electron chi connectivity index (χ1n) is 11.4. The first kappa shape index (κ1) is 22.0. The minimum atomic E-state index is -0.637. The van der Waals surface area contributed by atoms with E-state index >= 15 is 0 Å². The van der Waals surface area contributed by atoms with E-state index in [1.54, 1.807) is 25.3 Å². The second kappa shape index (κ2) is 9.51. The van der Waals surface area contributed by atoms with Crippen LogP contribution in [0.5, 0.6) is 0 Å². The molecule has 1 spiro atoms. The largest absolute Gasteiger partial charge is 0.464 e. The van der Waals surface area contributed by atoms with Gasteiger partial charge in [-0.25, -0.2) is 9.78 Å². The van der Waals surface area contributed by atoms with Crippen molar-refractivity contribution >= 4 is 34.7 Å². The number of esters is 1. The number of pyridine rings is 1. The van der Waals surface area contributed by atoms with Crippen LogP contribution in [0.4, 0.5) is 17.2 Å². The Kier molecular flexibility index (Phi) is 6.53. The van der Waals surface area contributed by atoms with Crippen molar-refractivity contribution in [3.05, 3.63) is 48.2 Å². The van der Waals surface area contributed by atoms with Gasteiger partial charge in [0.15, 0.2) is 11.9 Å². The molecule has 32 heavy (non-hydrogen) atoms. The number of carbonyl (C=O) groups is 2. The van der Waals surface area contributed by atoms with Gasteiger partial charge in [0.1, 0.15) is 5.78 Å². The standard InChI is InChI=1S/C25H30N4O3/c1-2-32-24(31)20(29-21-16-22(30)25(21)12-4-3-5-13-25)15-17-8-10-18(11-9-17)28-23-19(26)7-6-14-27-23/h6-11,14,20H,2-5,12-13,15-16,26H2,1H3,(H,27,28)/t20-/m0/s1. The van der Waals surface area contributed by atoms with Crippen molar-refractivity contribution in [2.45, 2.75) is 57.9 Å². The molecule has 2 fully saturated rings. The fourth-order valence-corrected chi connectivity index (χ4v) is 4.65. The van der Waals surface area contributed by atoms with Gasteiger partial charge in [-0.3, -0.25) is 9.79 Å². The van der Waals surface area contributed by atoms with E-state index in [0.29, 0.717) is 31.0 Å². The second-order valence-electron chi connectivity index (χ2n) is 8.55. The fourth-order valence-electron chi connectivity index (χ4n) is 4.65. The Morgan fingerprint density at radius 1 is 1.22 bits per heavy atom. The van der Waals surface area contributed by atoms with Crippen molar-refractivity contribution < 1.29 is 14.3 Å². The lowest BCUT2D eigenvalue weighted by Crippen LogP contribution is -2.52. The average Bonchev–Trinajstić information content (AvgIpc) is 2.81. The minimum absolute atomic E-state index is 0.280. The van der Waals surface area contributed by atoms with Gasteiger partial charge < -0.3 is 15.8 Å². The van der Waals surface area contributed by atoms with Gasteiger partial charge in [-0.2, -0.15) is 0 Å². The Morgan fingerprint density at radius 3 is 2.62 bits per heavy atom. The number of rotatable bonds is 7. The number of nitrogens with two attached hydrogens (primary N) is 1. The van der Waals surface area contributed by atoms with Gasteiger partial charge in [-0.15, -0.1) is 0 Å². The number of ketones is 1. The molecule has 1 aromatic heterocycles. The van der Waals surface area contributed by atoms with Crippen LogP contribution in [0.15, 0.2) is 47.6 Å². The fraction of sp³-hybridized carbons (Fsp3) is 0.440. The summed E-state index contributed by atoms with van der Waals surface area (Å²) in [5, 5.41) is 3.20. The van der Waals surface area contributed by atoms with Crippen LogP contribution in [0.3, 0.4) is 0 Å². The maximum Gasteiger partial charge on any atom is 0.331 e. The molecule has 2 aliphatic carbocycles. The molecule has 2 saturated carbocycles. The Morgan fingerprint density at radius 2 is 1.97 bits per heavy atom. The number of nitrogens with one attached hydrogen (secondary N) is 1. The van der Waals surface area contributed by atoms with E-state index in [-0.39, 0.29) is 11.8 Å². The number of aliphatic imine (C=N–C) groups is 1. The van der Waals surface area contributed by atoms with Crippen LogP contribution in [0.1, 0.15) is 51.0 Å². The van der Waals surface area contributed by atoms with Crippen LogP contribution in [-0.2, 0) is 20.7 Å². The number of anilines is 3. The van der Waals surface area contributed by atoms with E-state index < -0.39 is 11.5 Å². The zero-order valence-corrected chi connectivity index (χ0v) is 18.5. The smallest absolute Gasteiger partial charge is 0.331 e. The van der Waals surface area contributed by atoms with Crippen LogP contribution in [0.2, 0.25) is 0 Å². The van der Waals surface area contributed by atoms with Crippen molar-refractivity contribution in [2.24, 2.45) is 10.4 Å². The van der Waals surface area contributed by atoms with E-state index in [9.17, 15) is 9.59 Å². The number of benzene rings is 1.